The Kier molecular flexibility index (Phi) is 3.90. The van der Waals surface area contributed by atoms with Crippen LogP contribution in [0.3, 0.4) is 0 Å². The molecule has 0 aromatic carbocycles. The van der Waals surface area contributed by atoms with E-state index in [-0.39, 0.29) is 5.91 Å². The van der Waals surface area contributed by atoms with E-state index in [0.717, 1.165) is 18.9 Å². The van der Waals surface area contributed by atoms with Gasteiger partial charge in [-0.15, -0.1) is 0 Å². The van der Waals surface area contributed by atoms with Crippen LogP contribution in [0.4, 0.5) is 5.82 Å². The lowest BCUT2D eigenvalue weighted by Crippen LogP contribution is -2.39. The van der Waals surface area contributed by atoms with Crippen molar-refractivity contribution in [1.82, 2.24) is 9.88 Å². The average molecular weight is 273 g/mol. The van der Waals surface area contributed by atoms with Gasteiger partial charge in [0.25, 0.3) is 5.91 Å². The van der Waals surface area contributed by atoms with Crippen LogP contribution in [0.1, 0.15) is 48.9 Å². The molecule has 3 rings (SSSR count). The third-order valence-electron chi connectivity index (χ3n) is 4.78. The molecule has 2 heterocycles. The Morgan fingerprint density at radius 2 is 2.10 bits per heavy atom. The zero-order valence-corrected chi connectivity index (χ0v) is 12.1. The summed E-state index contributed by atoms with van der Waals surface area (Å²) >= 11 is 0. The van der Waals surface area contributed by atoms with Gasteiger partial charge in [0.2, 0.25) is 0 Å². The van der Waals surface area contributed by atoms with Gasteiger partial charge < -0.3 is 10.2 Å². The Labute approximate surface area is 120 Å². The summed E-state index contributed by atoms with van der Waals surface area (Å²) in [6.07, 6.45) is 9.28. The fraction of sp³-hybridized carbons (Fsp3) is 0.625. The number of pyridine rings is 1. The number of carbonyl (C=O) groups excluding carboxylic acids is 1. The number of hydrogen-bond donors (Lipinski definition) is 1. The fourth-order valence-corrected chi connectivity index (χ4v) is 3.81. The number of hydrogen-bond acceptors (Lipinski definition) is 3. The number of nitrogens with zero attached hydrogens (tertiary/aromatic N) is 2. The SMILES string of the molecule is CNc1ncccc1C(=O)N1CCCC1C1CCCC1. The second-order valence-electron chi connectivity index (χ2n) is 5.90. The van der Waals surface area contributed by atoms with Gasteiger partial charge in [-0.05, 0) is 43.7 Å². The van der Waals surface area contributed by atoms with E-state index in [1.165, 1.54) is 32.1 Å². The highest BCUT2D eigenvalue weighted by molar-refractivity contribution is 5.99. The Bertz CT molecular complexity index is 482. The third kappa shape index (κ3) is 2.39. The summed E-state index contributed by atoms with van der Waals surface area (Å²) in [5, 5.41) is 3.03. The summed E-state index contributed by atoms with van der Waals surface area (Å²) in [7, 11) is 1.82. The van der Waals surface area contributed by atoms with Gasteiger partial charge in [-0.25, -0.2) is 4.98 Å². The van der Waals surface area contributed by atoms with Crippen molar-refractivity contribution < 1.29 is 4.79 Å². The Hall–Kier alpha value is -1.58. The van der Waals surface area contributed by atoms with Gasteiger partial charge in [0.05, 0.1) is 5.56 Å². The van der Waals surface area contributed by atoms with Crippen molar-refractivity contribution >= 4 is 11.7 Å². The van der Waals surface area contributed by atoms with E-state index in [4.69, 9.17) is 0 Å². The smallest absolute Gasteiger partial charge is 0.257 e. The number of anilines is 1. The normalized spacial score (nSPS) is 23.2. The molecule has 2 aliphatic rings. The Morgan fingerprint density at radius 3 is 2.85 bits per heavy atom. The molecule has 1 amide bonds. The van der Waals surface area contributed by atoms with Crippen LogP contribution in [0.2, 0.25) is 0 Å². The van der Waals surface area contributed by atoms with Gasteiger partial charge in [0.1, 0.15) is 5.82 Å². The molecule has 20 heavy (non-hydrogen) atoms. The van der Waals surface area contributed by atoms with E-state index in [2.05, 4.69) is 15.2 Å². The molecule has 1 aliphatic carbocycles. The minimum atomic E-state index is 0.150. The predicted molar refractivity (Wildman–Crippen MR) is 79.8 cm³/mol. The van der Waals surface area contributed by atoms with E-state index in [1.807, 2.05) is 19.2 Å². The van der Waals surface area contributed by atoms with E-state index < -0.39 is 0 Å². The molecule has 0 bridgehead atoms. The molecule has 108 valence electrons. The van der Waals surface area contributed by atoms with Gasteiger partial charge in [-0.2, -0.15) is 0 Å². The van der Waals surface area contributed by atoms with Crippen molar-refractivity contribution in [2.75, 3.05) is 18.9 Å². The molecule has 2 fully saturated rings. The third-order valence-corrected chi connectivity index (χ3v) is 4.78. The number of nitrogens with one attached hydrogen (secondary N) is 1. The highest BCUT2D eigenvalue weighted by atomic mass is 16.2. The summed E-state index contributed by atoms with van der Waals surface area (Å²) in [6, 6.07) is 4.18. The van der Waals surface area contributed by atoms with E-state index in [1.54, 1.807) is 6.20 Å². The maximum atomic E-state index is 12.8. The number of amides is 1. The van der Waals surface area contributed by atoms with Crippen LogP contribution in [-0.4, -0.2) is 35.4 Å². The summed E-state index contributed by atoms with van der Waals surface area (Å²) in [5.41, 5.74) is 0.708. The van der Waals surface area contributed by atoms with Crippen molar-refractivity contribution in [2.45, 2.75) is 44.6 Å². The van der Waals surface area contributed by atoms with Crippen LogP contribution in [-0.2, 0) is 0 Å². The van der Waals surface area contributed by atoms with Crippen LogP contribution in [0, 0.1) is 5.92 Å². The van der Waals surface area contributed by atoms with Crippen LogP contribution >= 0.6 is 0 Å². The zero-order valence-electron chi connectivity index (χ0n) is 12.1. The molecule has 4 heteroatoms. The monoisotopic (exact) mass is 273 g/mol. The first-order chi connectivity index (χ1) is 9.81. The van der Waals surface area contributed by atoms with Crippen molar-refractivity contribution in [3.8, 4) is 0 Å². The maximum Gasteiger partial charge on any atom is 0.257 e. The minimum Gasteiger partial charge on any atom is -0.372 e. The highest BCUT2D eigenvalue weighted by Gasteiger charge is 2.36. The number of likely N-dealkylation sites (tertiary alicyclic amines) is 1. The fourth-order valence-electron chi connectivity index (χ4n) is 3.81. The number of rotatable bonds is 3. The lowest BCUT2D eigenvalue weighted by Gasteiger charge is -2.29. The lowest BCUT2D eigenvalue weighted by atomic mass is 9.95. The van der Waals surface area contributed by atoms with Crippen molar-refractivity contribution in [1.29, 1.82) is 0 Å². The maximum absolute atomic E-state index is 12.8. The molecular weight excluding hydrogens is 250 g/mol. The van der Waals surface area contributed by atoms with Crippen molar-refractivity contribution in [3.63, 3.8) is 0 Å². The topological polar surface area (TPSA) is 45.2 Å². The molecule has 1 unspecified atom stereocenters. The lowest BCUT2D eigenvalue weighted by molar-refractivity contribution is 0.0689. The summed E-state index contributed by atoms with van der Waals surface area (Å²) < 4.78 is 0. The molecule has 0 radical (unpaired) electrons. The molecule has 4 nitrogen and oxygen atoms in total. The first-order valence-electron chi connectivity index (χ1n) is 7.75. The number of carbonyl (C=O) groups is 1. The molecule has 1 saturated heterocycles. The standard InChI is InChI=1S/C16H23N3O/c1-17-15-13(8-4-10-18-15)16(20)19-11-5-9-14(19)12-6-2-3-7-12/h4,8,10,12,14H,2-3,5-7,9,11H2,1H3,(H,17,18). The average Bonchev–Trinajstić information content (AvgIpc) is 3.16. The quantitative estimate of drug-likeness (QED) is 0.921. The molecule has 1 aliphatic heterocycles. The van der Waals surface area contributed by atoms with Crippen LogP contribution in [0.5, 0.6) is 0 Å². The van der Waals surface area contributed by atoms with Gasteiger partial charge in [0.15, 0.2) is 0 Å². The molecule has 1 N–H and O–H groups in total. The van der Waals surface area contributed by atoms with Gasteiger partial charge >= 0.3 is 0 Å². The predicted octanol–water partition coefficient (Wildman–Crippen LogP) is 2.92. The molecule has 1 saturated carbocycles. The Balaban J connectivity index is 1.81. The molecule has 1 aromatic rings. The molecule has 1 aromatic heterocycles. The first-order valence-corrected chi connectivity index (χ1v) is 7.75. The van der Waals surface area contributed by atoms with Crippen molar-refractivity contribution in [2.24, 2.45) is 5.92 Å². The van der Waals surface area contributed by atoms with E-state index in [9.17, 15) is 4.79 Å². The van der Waals surface area contributed by atoms with Crippen LogP contribution in [0.25, 0.3) is 0 Å². The number of aromatic nitrogens is 1. The zero-order chi connectivity index (χ0) is 13.9. The van der Waals surface area contributed by atoms with Crippen LogP contribution in [0.15, 0.2) is 18.3 Å². The van der Waals surface area contributed by atoms with E-state index >= 15 is 0 Å². The van der Waals surface area contributed by atoms with Gasteiger partial charge in [0, 0.05) is 25.8 Å². The largest absolute Gasteiger partial charge is 0.372 e. The second-order valence-corrected chi connectivity index (χ2v) is 5.90. The molecule has 0 spiro atoms. The summed E-state index contributed by atoms with van der Waals surface area (Å²) in [5.74, 6) is 1.56. The van der Waals surface area contributed by atoms with E-state index in [0.29, 0.717) is 17.4 Å². The summed E-state index contributed by atoms with van der Waals surface area (Å²) in [6.45, 7) is 0.901. The first kappa shape index (κ1) is 13.4. The molecule has 1 atom stereocenters. The minimum absolute atomic E-state index is 0.150. The second kappa shape index (κ2) is 5.81. The summed E-state index contributed by atoms with van der Waals surface area (Å²) in [4.78, 5) is 19.2. The van der Waals surface area contributed by atoms with Gasteiger partial charge in [-0.1, -0.05) is 12.8 Å². The highest BCUT2D eigenvalue weighted by Crippen LogP contribution is 2.36. The van der Waals surface area contributed by atoms with Gasteiger partial charge in [-0.3, -0.25) is 4.79 Å². The Morgan fingerprint density at radius 1 is 1.30 bits per heavy atom. The van der Waals surface area contributed by atoms with Crippen molar-refractivity contribution in [3.05, 3.63) is 23.9 Å². The molecular formula is C16H23N3O. The van der Waals surface area contributed by atoms with Crippen LogP contribution < -0.4 is 5.32 Å².